The van der Waals surface area contributed by atoms with Crippen LogP contribution in [0.15, 0.2) is 24.3 Å². The first-order valence-corrected chi connectivity index (χ1v) is 7.16. The minimum atomic E-state index is 0.454. The fourth-order valence-electron chi connectivity index (χ4n) is 2.15. The molecule has 0 spiro atoms. The zero-order chi connectivity index (χ0) is 13.0. The van der Waals surface area contributed by atoms with E-state index >= 15 is 0 Å². The SMILES string of the molecule is CCC(C)CC(NC)c1ccc(OC2CC2)cc1. The first-order valence-electron chi connectivity index (χ1n) is 7.16. The molecule has 0 heterocycles. The van der Waals surface area contributed by atoms with Gasteiger partial charge in [-0.3, -0.25) is 0 Å². The fraction of sp³-hybridized carbons (Fsp3) is 0.625. The van der Waals surface area contributed by atoms with Crippen LogP contribution in [0.25, 0.3) is 0 Å². The van der Waals surface area contributed by atoms with Crippen LogP contribution in [0.5, 0.6) is 5.75 Å². The van der Waals surface area contributed by atoms with Gasteiger partial charge >= 0.3 is 0 Å². The molecule has 2 nitrogen and oxygen atoms in total. The summed E-state index contributed by atoms with van der Waals surface area (Å²) in [6, 6.07) is 9.06. The number of rotatable bonds is 7. The highest BCUT2D eigenvalue weighted by atomic mass is 16.5. The molecule has 2 rings (SSSR count). The Labute approximate surface area is 111 Å². The van der Waals surface area contributed by atoms with Crippen LogP contribution in [0, 0.1) is 5.92 Å². The smallest absolute Gasteiger partial charge is 0.119 e. The van der Waals surface area contributed by atoms with Crippen LogP contribution in [0.4, 0.5) is 0 Å². The molecule has 2 atom stereocenters. The van der Waals surface area contributed by atoms with Gasteiger partial charge in [0, 0.05) is 6.04 Å². The summed E-state index contributed by atoms with van der Waals surface area (Å²) in [5.74, 6) is 1.77. The summed E-state index contributed by atoms with van der Waals surface area (Å²) in [7, 11) is 2.04. The van der Waals surface area contributed by atoms with E-state index in [2.05, 4.69) is 43.4 Å². The van der Waals surface area contributed by atoms with Crippen LogP contribution in [0.2, 0.25) is 0 Å². The molecule has 0 aliphatic heterocycles. The van der Waals surface area contributed by atoms with Crippen LogP contribution < -0.4 is 10.1 Å². The van der Waals surface area contributed by atoms with Crippen molar-refractivity contribution >= 4 is 0 Å². The van der Waals surface area contributed by atoms with Gasteiger partial charge in [-0.2, -0.15) is 0 Å². The standard InChI is InChI=1S/C16H25NO/c1-4-12(2)11-16(17-3)13-5-7-14(8-6-13)18-15-9-10-15/h5-8,12,15-17H,4,9-11H2,1-3H3. The van der Waals surface area contributed by atoms with Gasteiger partial charge in [0.25, 0.3) is 0 Å². The monoisotopic (exact) mass is 247 g/mol. The van der Waals surface area contributed by atoms with Gasteiger partial charge in [-0.05, 0) is 49.9 Å². The minimum Gasteiger partial charge on any atom is -0.490 e. The van der Waals surface area contributed by atoms with Gasteiger partial charge in [0.1, 0.15) is 5.75 Å². The maximum atomic E-state index is 5.78. The van der Waals surface area contributed by atoms with Crippen molar-refractivity contribution < 1.29 is 4.74 Å². The molecule has 18 heavy (non-hydrogen) atoms. The van der Waals surface area contributed by atoms with Crippen LogP contribution in [-0.4, -0.2) is 13.2 Å². The lowest BCUT2D eigenvalue weighted by Crippen LogP contribution is -2.18. The third kappa shape index (κ3) is 3.74. The lowest BCUT2D eigenvalue weighted by Gasteiger charge is -2.20. The molecule has 1 aliphatic carbocycles. The van der Waals surface area contributed by atoms with Crippen LogP contribution in [0.1, 0.15) is 51.1 Å². The summed E-state index contributed by atoms with van der Waals surface area (Å²) >= 11 is 0. The number of hydrogen-bond donors (Lipinski definition) is 1. The summed E-state index contributed by atoms with van der Waals surface area (Å²) in [6.07, 6.45) is 5.34. The normalized spacial score (nSPS) is 18.4. The predicted octanol–water partition coefficient (Wildman–Crippen LogP) is 3.92. The molecule has 1 aliphatic rings. The molecular weight excluding hydrogens is 222 g/mol. The lowest BCUT2D eigenvalue weighted by molar-refractivity contribution is 0.303. The molecule has 2 heteroatoms. The van der Waals surface area contributed by atoms with E-state index in [1.807, 2.05) is 7.05 Å². The van der Waals surface area contributed by atoms with E-state index in [0.29, 0.717) is 12.1 Å². The Bertz CT molecular complexity index is 356. The molecule has 1 N–H and O–H groups in total. The highest BCUT2D eigenvalue weighted by Crippen LogP contribution is 2.28. The van der Waals surface area contributed by atoms with Crippen molar-refractivity contribution in [3.8, 4) is 5.75 Å². The Kier molecular flexibility index (Phi) is 4.65. The Morgan fingerprint density at radius 1 is 1.28 bits per heavy atom. The van der Waals surface area contributed by atoms with Gasteiger partial charge in [-0.1, -0.05) is 32.4 Å². The van der Waals surface area contributed by atoms with Crippen LogP contribution in [-0.2, 0) is 0 Å². The summed E-state index contributed by atoms with van der Waals surface area (Å²) in [6.45, 7) is 4.57. The van der Waals surface area contributed by atoms with E-state index in [-0.39, 0.29) is 0 Å². The van der Waals surface area contributed by atoms with E-state index in [0.717, 1.165) is 11.7 Å². The fourth-order valence-corrected chi connectivity index (χ4v) is 2.15. The molecular formula is C16H25NO. The van der Waals surface area contributed by atoms with E-state index in [9.17, 15) is 0 Å². The Balaban J connectivity index is 1.96. The molecule has 0 saturated heterocycles. The van der Waals surface area contributed by atoms with Crippen molar-refractivity contribution in [1.29, 1.82) is 0 Å². The highest BCUT2D eigenvalue weighted by Gasteiger charge is 2.23. The van der Waals surface area contributed by atoms with E-state index in [4.69, 9.17) is 4.74 Å². The summed E-state index contributed by atoms with van der Waals surface area (Å²) < 4.78 is 5.78. The largest absolute Gasteiger partial charge is 0.490 e. The second-order valence-electron chi connectivity index (χ2n) is 5.48. The van der Waals surface area contributed by atoms with Crippen molar-refractivity contribution in [2.45, 2.75) is 51.7 Å². The summed E-state index contributed by atoms with van der Waals surface area (Å²) in [4.78, 5) is 0. The molecule has 1 fully saturated rings. The third-order valence-electron chi connectivity index (χ3n) is 3.79. The zero-order valence-electron chi connectivity index (χ0n) is 11.8. The molecule has 1 aromatic carbocycles. The maximum Gasteiger partial charge on any atom is 0.119 e. The van der Waals surface area contributed by atoms with Gasteiger partial charge in [0.2, 0.25) is 0 Å². The van der Waals surface area contributed by atoms with Crippen molar-refractivity contribution in [3.05, 3.63) is 29.8 Å². The average molecular weight is 247 g/mol. The number of benzene rings is 1. The van der Waals surface area contributed by atoms with Gasteiger partial charge in [0.05, 0.1) is 6.10 Å². The van der Waals surface area contributed by atoms with Crippen LogP contribution >= 0.6 is 0 Å². The first kappa shape index (κ1) is 13.4. The number of hydrogen-bond acceptors (Lipinski definition) is 2. The Morgan fingerprint density at radius 2 is 1.94 bits per heavy atom. The molecule has 0 aromatic heterocycles. The quantitative estimate of drug-likeness (QED) is 0.788. The average Bonchev–Trinajstić information content (AvgIpc) is 3.20. The highest BCUT2D eigenvalue weighted by molar-refractivity contribution is 5.29. The first-order chi connectivity index (χ1) is 8.72. The van der Waals surface area contributed by atoms with Gasteiger partial charge in [0.15, 0.2) is 0 Å². The molecule has 1 aromatic rings. The lowest BCUT2D eigenvalue weighted by atomic mass is 9.94. The van der Waals surface area contributed by atoms with Crippen molar-refractivity contribution in [1.82, 2.24) is 5.32 Å². The molecule has 0 bridgehead atoms. The van der Waals surface area contributed by atoms with Crippen molar-refractivity contribution in [2.75, 3.05) is 7.05 Å². The molecule has 1 saturated carbocycles. The second kappa shape index (κ2) is 6.24. The Morgan fingerprint density at radius 3 is 2.44 bits per heavy atom. The van der Waals surface area contributed by atoms with Gasteiger partial charge in [-0.25, -0.2) is 0 Å². The molecule has 100 valence electrons. The van der Waals surface area contributed by atoms with Crippen molar-refractivity contribution in [3.63, 3.8) is 0 Å². The van der Waals surface area contributed by atoms with Crippen molar-refractivity contribution in [2.24, 2.45) is 5.92 Å². The number of nitrogens with one attached hydrogen (secondary N) is 1. The summed E-state index contributed by atoms with van der Waals surface area (Å²) in [5, 5.41) is 3.42. The van der Waals surface area contributed by atoms with E-state index in [1.54, 1.807) is 0 Å². The molecule has 2 unspecified atom stereocenters. The van der Waals surface area contributed by atoms with Gasteiger partial charge in [-0.15, -0.1) is 0 Å². The molecule has 0 radical (unpaired) electrons. The topological polar surface area (TPSA) is 21.3 Å². The predicted molar refractivity (Wildman–Crippen MR) is 76.0 cm³/mol. The second-order valence-corrected chi connectivity index (χ2v) is 5.48. The summed E-state index contributed by atoms with van der Waals surface area (Å²) in [5.41, 5.74) is 1.36. The van der Waals surface area contributed by atoms with E-state index < -0.39 is 0 Å². The number of ether oxygens (including phenoxy) is 1. The minimum absolute atomic E-state index is 0.454. The van der Waals surface area contributed by atoms with Crippen LogP contribution in [0.3, 0.4) is 0 Å². The zero-order valence-corrected chi connectivity index (χ0v) is 11.8. The molecule has 0 amide bonds. The Hall–Kier alpha value is -1.02. The van der Waals surface area contributed by atoms with E-state index in [1.165, 1.54) is 31.2 Å². The van der Waals surface area contributed by atoms with Gasteiger partial charge < -0.3 is 10.1 Å². The third-order valence-corrected chi connectivity index (χ3v) is 3.79. The maximum absolute atomic E-state index is 5.78.